The minimum atomic E-state index is 0.469. The lowest BCUT2D eigenvalue weighted by Crippen LogP contribution is -2.18. The van der Waals surface area contributed by atoms with Gasteiger partial charge in [-0.15, -0.1) is 0 Å². The number of hydrogen-bond donors (Lipinski definition) is 1. The van der Waals surface area contributed by atoms with E-state index in [4.69, 9.17) is 5.26 Å². The molecule has 72 valence electrons. The molecule has 0 radical (unpaired) electrons. The maximum Gasteiger partial charge on any atom is 0.140 e. The molecule has 2 rings (SSSR count). The summed E-state index contributed by atoms with van der Waals surface area (Å²) >= 11 is 1.97. The third kappa shape index (κ3) is 2.18. The molecule has 1 atom stereocenters. The molecule has 1 N–H and O–H groups in total. The van der Waals surface area contributed by atoms with E-state index in [-0.39, 0.29) is 0 Å². The van der Waals surface area contributed by atoms with Crippen molar-refractivity contribution in [1.82, 2.24) is 4.98 Å². The second kappa shape index (κ2) is 4.34. The molecule has 0 aliphatic carbocycles. The van der Waals surface area contributed by atoms with Gasteiger partial charge >= 0.3 is 0 Å². The Morgan fingerprint density at radius 1 is 1.57 bits per heavy atom. The molecule has 4 heteroatoms. The van der Waals surface area contributed by atoms with E-state index < -0.39 is 0 Å². The summed E-state index contributed by atoms with van der Waals surface area (Å²) in [7, 11) is 0. The smallest absolute Gasteiger partial charge is 0.140 e. The summed E-state index contributed by atoms with van der Waals surface area (Å²) < 4.78 is 0. The number of nitrogens with one attached hydrogen (secondary N) is 1. The van der Waals surface area contributed by atoms with Gasteiger partial charge in [0.1, 0.15) is 11.8 Å². The Morgan fingerprint density at radius 2 is 2.50 bits per heavy atom. The van der Waals surface area contributed by atoms with Gasteiger partial charge in [-0.2, -0.15) is 17.0 Å². The Hall–Kier alpha value is -1.21. The van der Waals surface area contributed by atoms with Gasteiger partial charge in [0.25, 0.3) is 0 Å². The fraction of sp³-hybridized carbons (Fsp3) is 0.400. The average Bonchev–Trinajstić information content (AvgIpc) is 2.72. The lowest BCUT2D eigenvalue weighted by molar-refractivity contribution is 0.812. The third-order valence-electron chi connectivity index (χ3n) is 2.18. The predicted octanol–water partition coefficient (Wildman–Crippen LogP) is 1.87. The zero-order valence-corrected chi connectivity index (χ0v) is 8.55. The molecule has 1 aliphatic rings. The molecule has 0 spiro atoms. The Kier molecular flexibility index (Phi) is 2.90. The van der Waals surface area contributed by atoms with Crippen LogP contribution in [0, 0.1) is 11.3 Å². The minimum Gasteiger partial charge on any atom is -0.380 e. The average molecular weight is 205 g/mol. The zero-order valence-electron chi connectivity index (χ0n) is 7.73. The Morgan fingerprint density at radius 3 is 3.07 bits per heavy atom. The molecule has 14 heavy (non-hydrogen) atoms. The van der Waals surface area contributed by atoms with Crippen molar-refractivity contribution >= 4 is 17.4 Å². The number of nitrogens with zero attached hydrogens (tertiary/aromatic N) is 2. The normalized spacial score (nSPS) is 20.4. The summed E-state index contributed by atoms with van der Waals surface area (Å²) in [5.41, 5.74) is 1.48. The Balaban J connectivity index is 1.99. The van der Waals surface area contributed by atoms with Crippen LogP contribution >= 0.6 is 11.8 Å². The summed E-state index contributed by atoms with van der Waals surface area (Å²) in [5.74, 6) is 2.40. The monoisotopic (exact) mass is 205 g/mol. The van der Waals surface area contributed by atoms with Gasteiger partial charge < -0.3 is 5.32 Å². The van der Waals surface area contributed by atoms with Crippen LogP contribution < -0.4 is 5.32 Å². The van der Waals surface area contributed by atoms with Gasteiger partial charge in [-0.25, -0.2) is 4.98 Å². The highest BCUT2D eigenvalue weighted by Crippen LogP contribution is 2.20. The Labute approximate surface area is 87.5 Å². The van der Waals surface area contributed by atoms with Crippen LogP contribution in [0.25, 0.3) is 0 Å². The molecule has 0 aromatic carbocycles. The van der Waals surface area contributed by atoms with Crippen molar-refractivity contribution < 1.29 is 0 Å². The summed E-state index contributed by atoms with van der Waals surface area (Å²) in [6.07, 6.45) is 2.94. The van der Waals surface area contributed by atoms with Crippen molar-refractivity contribution in [2.24, 2.45) is 0 Å². The van der Waals surface area contributed by atoms with E-state index in [9.17, 15) is 0 Å². The van der Waals surface area contributed by atoms with Gasteiger partial charge in [-0.05, 0) is 24.3 Å². The maximum absolute atomic E-state index is 8.58. The highest BCUT2D eigenvalue weighted by atomic mass is 32.2. The maximum atomic E-state index is 8.58. The number of hydrogen-bond acceptors (Lipinski definition) is 4. The summed E-state index contributed by atoms with van der Waals surface area (Å²) in [6, 6.07) is 6.22. The zero-order chi connectivity index (χ0) is 9.80. The van der Waals surface area contributed by atoms with Crippen LogP contribution in [0.5, 0.6) is 0 Å². The van der Waals surface area contributed by atoms with Crippen molar-refractivity contribution in [2.75, 3.05) is 16.8 Å². The lowest BCUT2D eigenvalue weighted by Gasteiger charge is -2.11. The van der Waals surface area contributed by atoms with Crippen LogP contribution in [-0.4, -0.2) is 22.5 Å². The van der Waals surface area contributed by atoms with E-state index in [0.29, 0.717) is 11.7 Å². The number of aromatic nitrogens is 1. The van der Waals surface area contributed by atoms with Crippen LogP contribution in [0.15, 0.2) is 18.3 Å². The molecular formula is C10H11N3S. The molecule has 1 unspecified atom stereocenters. The third-order valence-corrected chi connectivity index (χ3v) is 3.34. The van der Waals surface area contributed by atoms with Crippen LogP contribution in [0.4, 0.5) is 5.69 Å². The van der Waals surface area contributed by atoms with E-state index in [1.165, 1.54) is 17.9 Å². The summed E-state index contributed by atoms with van der Waals surface area (Å²) in [4.78, 5) is 4.01. The molecule has 1 fully saturated rings. The number of thioether (sulfide) groups is 1. The molecular weight excluding hydrogens is 194 g/mol. The van der Waals surface area contributed by atoms with E-state index >= 15 is 0 Å². The second-order valence-corrected chi connectivity index (χ2v) is 4.40. The van der Waals surface area contributed by atoms with E-state index in [1.54, 1.807) is 12.3 Å². The molecule has 2 heterocycles. The molecule has 1 aromatic rings. The van der Waals surface area contributed by atoms with Crippen LogP contribution in [0.1, 0.15) is 12.1 Å². The summed E-state index contributed by atoms with van der Waals surface area (Å²) in [6.45, 7) is 0. The van der Waals surface area contributed by atoms with Gasteiger partial charge in [-0.1, -0.05) is 0 Å². The van der Waals surface area contributed by atoms with Crippen LogP contribution in [0.2, 0.25) is 0 Å². The molecule has 1 saturated heterocycles. The largest absolute Gasteiger partial charge is 0.380 e. The molecule has 1 aromatic heterocycles. The fourth-order valence-electron chi connectivity index (χ4n) is 1.43. The fourth-order valence-corrected chi connectivity index (χ4v) is 2.58. The van der Waals surface area contributed by atoms with Crippen molar-refractivity contribution in [3.05, 3.63) is 24.0 Å². The van der Waals surface area contributed by atoms with Gasteiger partial charge in [0, 0.05) is 11.8 Å². The van der Waals surface area contributed by atoms with E-state index in [0.717, 1.165) is 5.69 Å². The highest BCUT2D eigenvalue weighted by Gasteiger charge is 2.14. The molecule has 3 nitrogen and oxygen atoms in total. The molecule has 1 aliphatic heterocycles. The van der Waals surface area contributed by atoms with Gasteiger partial charge in [0.05, 0.1) is 11.9 Å². The van der Waals surface area contributed by atoms with Gasteiger partial charge in [0.2, 0.25) is 0 Å². The first kappa shape index (κ1) is 9.35. The molecule has 0 saturated carbocycles. The second-order valence-electron chi connectivity index (χ2n) is 3.25. The van der Waals surface area contributed by atoms with Gasteiger partial charge in [0.15, 0.2) is 0 Å². The highest BCUT2D eigenvalue weighted by molar-refractivity contribution is 7.99. The van der Waals surface area contributed by atoms with Crippen molar-refractivity contribution in [3.63, 3.8) is 0 Å². The number of pyridine rings is 1. The quantitative estimate of drug-likeness (QED) is 0.800. The van der Waals surface area contributed by atoms with E-state index in [1.807, 2.05) is 23.9 Å². The first-order valence-corrected chi connectivity index (χ1v) is 5.74. The van der Waals surface area contributed by atoms with Crippen molar-refractivity contribution in [2.45, 2.75) is 12.5 Å². The molecule has 0 amide bonds. The van der Waals surface area contributed by atoms with Crippen LogP contribution in [0.3, 0.4) is 0 Å². The van der Waals surface area contributed by atoms with Crippen LogP contribution in [-0.2, 0) is 0 Å². The molecule has 0 bridgehead atoms. The predicted molar refractivity (Wildman–Crippen MR) is 58.3 cm³/mol. The SMILES string of the molecule is N#Cc1ccc(NC2CCSC2)cn1. The topological polar surface area (TPSA) is 48.7 Å². The minimum absolute atomic E-state index is 0.469. The first-order chi connectivity index (χ1) is 6.88. The Bertz CT molecular complexity index is 335. The van der Waals surface area contributed by atoms with Crippen molar-refractivity contribution in [1.29, 1.82) is 5.26 Å². The number of nitriles is 1. The number of rotatable bonds is 2. The van der Waals surface area contributed by atoms with E-state index in [2.05, 4.69) is 10.3 Å². The summed E-state index contributed by atoms with van der Waals surface area (Å²) in [5, 5.41) is 12.0. The first-order valence-electron chi connectivity index (χ1n) is 4.59. The van der Waals surface area contributed by atoms with Gasteiger partial charge in [-0.3, -0.25) is 0 Å². The van der Waals surface area contributed by atoms with Crippen molar-refractivity contribution in [3.8, 4) is 6.07 Å². The lowest BCUT2D eigenvalue weighted by atomic mass is 10.2. The standard InChI is InChI=1S/C10H11N3S/c11-5-8-1-2-9(6-12-8)13-10-3-4-14-7-10/h1-2,6,10,13H,3-4,7H2. The number of anilines is 1.